The Morgan fingerprint density at radius 1 is 1.03 bits per heavy atom. The summed E-state index contributed by atoms with van der Waals surface area (Å²) in [5.41, 5.74) is 2.22. The third kappa shape index (κ3) is 4.12. The van der Waals surface area contributed by atoms with Gasteiger partial charge in [0, 0.05) is 24.8 Å². The van der Waals surface area contributed by atoms with Crippen LogP contribution in [0.3, 0.4) is 0 Å². The topological polar surface area (TPSA) is 92.7 Å². The zero-order valence-corrected chi connectivity index (χ0v) is 18.3. The molecule has 4 rings (SSSR count). The highest BCUT2D eigenvalue weighted by Gasteiger charge is 2.50. The van der Waals surface area contributed by atoms with E-state index in [-0.39, 0.29) is 18.9 Å². The smallest absolute Gasteiger partial charge is 0.354 e. The van der Waals surface area contributed by atoms with Crippen molar-refractivity contribution in [2.75, 3.05) is 21.3 Å². The molecule has 0 saturated carbocycles. The highest BCUT2D eigenvalue weighted by atomic mass is 16.7. The Labute approximate surface area is 186 Å². The molecule has 0 amide bonds. The maximum Gasteiger partial charge on any atom is 0.354 e. The molecule has 0 unspecified atom stereocenters. The van der Waals surface area contributed by atoms with Crippen LogP contribution >= 0.6 is 0 Å². The fourth-order valence-corrected chi connectivity index (χ4v) is 4.13. The minimum atomic E-state index is -1.55. The van der Waals surface area contributed by atoms with Gasteiger partial charge in [-0.1, -0.05) is 29.4 Å². The number of carbonyl (C=O) groups excluding carboxylic acids is 2. The lowest BCUT2D eigenvalue weighted by molar-refractivity contribution is -0.173. The van der Waals surface area contributed by atoms with Gasteiger partial charge in [0.15, 0.2) is 11.5 Å². The molecule has 1 atom stereocenters. The van der Waals surface area contributed by atoms with E-state index in [0.717, 1.165) is 12.8 Å². The van der Waals surface area contributed by atoms with Crippen LogP contribution in [0, 0.1) is 0 Å². The van der Waals surface area contributed by atoms with E-state index in [9.17, 15) is 9.59 Å². The molecule has 1 aliphatic carbocycles. The number of benzene rings is 2. The first-order valence-corrected chi connectivity index (χ1v) is 10.3. The highest BCUT2D eigenvalue weighted by Crippen LogP contribution is 2.36. The van der Waals surface area contributed by atoms with E-state index in [0.29, 0.717) is 22.8 Å². The van der Waals surface area contributed by atoms with Crippen LogP contribution in [0.15, 0.2) is 47.6 Å². The van der Waals surface area contributed by atoms with Crippen LogP contribution in [0.25, 0.3) is 0 Å². The largest absolute Gasteiger partial charge is 0.493 e. The van der Waals surface area contributed by atoms with Crippen molar-refractivity contribution < 1.29 is 33.4 Å². The van der Waals surface area contributed by atoms with Gasteiger partial charge in [0.2, 0.25) is 5.60 Å². The minimum Gasteiger partial charge on any atom is -0.493 e. The number of nitrogens with zero attached hydrogens (tertiary/aromatic N) is 1. The first kappa shape index (κ1) is 21.7. The molecule has 8 nitrogen and oxygen atoms in total. The molecule has 2 aromatic carbocycles. The van der Waals surface area contributed by atoms with Gasteiger partial charge in [-0.15, -0.1) is 0 Å². The van der Waals surface area contributed by atoms with Crippen LogP contribution in [-0.2, 0) is 36.7 Å². The van der Waals surface area contributed by atoms with Crippen LogP contribution in [-0.4, -0.2) is 50.7 Å². The second-order valence-corrected chi connectivity index (χ2v) is 7.83. The van der Waals surface area contributed by atoms with Crippen LogP contribution < -0.4 is 9.47 Å². The summed E-state index contributed by atoms with van der Waals surface area (Å²) >= 11 is 0. The second-order valence-electron chi connectivity index (χ2n) is 7.83. The summed E-state index contributed by atoms with van der Waals surface area (Å²) in [5.74, 6) is -0.103. The molecule has 0 bridgehead atoms. The van der Waals surface area contributed by atoms with Gasteiger partial charge >= 0.3 is 11.9 Å². The van der Waals surface area contributed by atoms with E-state index in [2.05, 4.69) is 17.3 Å². The minimum absolute atomic E-state index is 0.00759. The van der Waals surface area contributed by atoms with E-state index in [1.807, 2.05) is 24.3 Å². The first-order valence-electron chi connectivity index (χ1n) is 10.3. The van der Waals surface area contributed by atoms with Crippen LogP contribution in [0.4, 0.5) is 0 Å². The van der Waals surface area contributed by atoms with Crippen molar-refractivity contribution in [1.82, 2.24) is 0 Å². The number of methoxy groups -OCH3 is 3. The number of rotatable bonds is 7. The van der Waals surface area contributed by atoms with Gasteiger partial charge < -0.3 is 23.8 Å². The Bertz CT molecular complexity index is 1040. The fourth-order valence-electron chi connectivity index (χ4n) is 4.13. The van der Waals surface area contributed by atoms with Crippen LogP contribution in [0.1, 0.15) is 29.5 Å². The van der Waals surface area contributed by atoms with Crippen molar-refractivity contribution >= 4 is 17.7 Å². The SMILES string of the molecule is COC(=O)C[C@]1(C(=O)OC)CC(c2ccc(OC)c(OC3Cc4ccccc4C3)c2)=NO1. The number of hydrogen-bond acceptors (Lipinski definition) is 8. The molecule has 0 spiro atoms. The third-order valence-electron chi connectivity index (χ3n) is 5.80. The van der Waals surface area contributed by atoms with Crippen LogP contribution in [0.2, 0.25) is 0 Å². The highest BCUT2D eigenvalue weighted by molar-refractivity contribution is 6.06. The normalized spacial score (nSPS) is 19.5. The number of carbonyl (C=O) groups is 2. The van der Waals surface area contributed by atoms with Gasteiger partial charge in [0.05, 0.1) is 33.5 Å². The lowest BCUT2D eigenvalue weighted by atomic mass is 9.91. The number of esters is 2. The molecule has 1 heterocycles. The Morgan fingerprint density at radius 3 is 2.38 bits per heavy atom. The van der Waals surface area contributed by atoms with Crippen molar-refractivity contribution in [2.24, 2.45) is 5.16 Å². The Hall–Kier alpha value is -3.55. The summed E-state index contributed by atoms with van der Waals surface area (Å²) in [6.45, 7) is 0. The molecule has 2 aliphatic rings. The Balaban J connectivity index is 1.55. The molecular formula is C24H25NO7. The zero-order chi connectivity index (χ0) is 22.7. The summed E-state index contributed by atoms with van der Waals surface area (Å²) in [6.07, 6.45) is 1.39. The molecule has 8 heteroatoms. The zero-order valence-electron chi connectivity index (χ0n) is 18.3. The van der Waals surface area contributed by atoms with Crippen LogP contribution in [0.5, 0.6) is 11.5 Å². The fraction of sp³-hybridized carbons (Fsp3) is 0.375. The number of fused-ring (bicyclic) bond motifs is 1. The lowest BCUT2D eigenvalue weighted by Crippen LogP contribution is -2.42. The molecule has 2 aromatic rings. The van der Waals surface area contributed by atoms with Crippen molar-refractivity contribution in [3.63, 3.8) is 0 Å². The van der Waals surface area contributed by atoms with E-state index < -0.39 is 17.5 Å². The Kier molecular flexibility index (Phi) is 6.03. The molecule has 0 aromatic heterocycles. The molecule has 0 saturated heterocycles. The summed E-state index contributed by atoms with van der Waals surface area (Å²) in [4.78, 5) is 29.7. The predicted molar refractivity (Wildman–Crippen MR) is 115 cm³/mol. The third-order valence-corrected chi connectivity index (χ3v) is 5.80. The monoisotopic (exact) mass is 439 g/mol. The molecule has 0 fully saturated rings. The quantitative estimate of drug-likeness (QED) is 0.613. The summed E-state index contributed by atoms with van der Waals surface area (Å²) in [7, 11) is 4.07. The molecular weight excluding hydrogens is 414 g/mol. The van der Waals surface area contributed by atoms with Gasteiger partial charge in [0.25, 0.3) is 0 Å². The van der Waals surface area contributed by atoms with Gasteiger partial charge in [-0.25, -0.2) is 4.79 Å². The second kappa shape index (κ2) is 8.90. The average Bonchev–Trinajstić information content (AvgIpc) is 3.43. The van der Waals surface area contributed by atoms with E-state index in [1.165, 1.54) is 25.3 Å². The molecule has 0 radical (unpaired) electrons. The maximum absolute atomic E-state index is 12.4. The number of hydrogen-bond donors (Lipinski definition) is 0. The lowest BCUT2D eigenvalue weighted by Gasteiger charge is -2.22. The summed E-state index contributed by atoms with van der Waals surface area (Å²) in [5, 5.41) is 4.09. The van der Waals surface area contributed by atoms with Gasteiger partial charge in [-0.2, -0.15) is 0 Å². The molecule has 0 N–H and O–H groups in total. The average molecular weight is 439 g/mol. The molecule has 1 aliphatic heterocycles. The Morgan fingerprint density at radius 2 is 1.75 bits per heavy atom. The summed E-state index contributed by atoms with van der Waals surface area (Å²) < 4.78 is 21.3. The standard InChI is InChI=1S/C24H25NO7/c1-28-20-9-8-17(12-21(20)31-18-10-15-6-4-5-7-16(15)11-18)19-13-24(32-25-19,23(27)30-3)14-22(26)29-2/h4-9,12,18H,10-11,13-14H2,1-3H3/t24-/m0/s1. The van der Waals surface area contributed by atoms with E-state index in [4.69, 9.17) is 23.8 Å². The maximum atomic E-state index is 12.4. The summed E-state index contributed by atoms with van der Waals surface area (Å²) in [6, 6.07) is 13.7. The predicted octanol–water partition coefficient (Wildman–Crippen LogP) is 2.84. The first-order chi connectivity index (χ1) is 15.5. The van der Waals surface area contributed by atoms with Crippen molar-refractivity contribution in [2.45, 2.75) is 37.4 Å². The van der Waals surface area contributed by atoms with Gasteiger partial charge in [0.1, 0.15) is 6.10 Å². The van der Waals surface area contributed by atoms with Gasteiger partial charge in [-0.3, -0.25) is 4.79 Å². The molecule has 168 valence electrons. The van der Waals surface area contributed by atoms with Crippen molar-refractivity contribution in [3.05, 3.63) is 59.2 Å². The van der Waals surface area contributed by atoms with E-state index >= 15 is 0 Å². The number of ether oxygens (including phenoxy) is 4. The van der Waals surface area contributed by atoms with Gasteiger partial charge in [-0.05, 0) is 29.3 Å². The van der Waals surface area contributed by atoms with Crippen molar-refractivity contribution in [3.8, 4) is 11.5 Å². The molecule has 32 heavy (non-hydrogen) atoms. The van der Waals surface area contributed by atoms with Crippen molar-refractivity contribution in [1.29, 1.82) is 0 Å². The van der Waals surface area contributed by atoms with E-state index in [1.54, 1.807) is 13.2 Å². The number of oxime groups is 1.